The van der Waals surface area contributed by atoms with Gasteiger partial charge in [0.2, 0.25) is 0 Å². The van der Waals surface area contributed by atoms with Gasteiger partial charge in [-0.1, -0.05) is 0 Å². The van der Waals surface area contributed by atoms with E-state index in [9.17, 15) is 9.18 Å². The molecule has 31 heavy (non-hydrogen) atoms. The summed E-state index contributed by atoms with van der Waals surface area (Å²) in [7, 11) is 0. The molecule has 1 fully saturated rings. The highest BCUT2D eigenvalue weighted by atomic mass is 19.1. The van der Waals surface area contributed by atoms with Crippen LogP contribution in [0.1, 0.15) is 65.2 Å². The number of rotatable bonds is 8. The van der Waals surface area contributed by atoms with Gasteiger partial charge >= 0.3 is 6.09 Å². The van der Waals surface area contributed by atoms with Crippen molar-refractivity contribution in [2.45, 2.75) is 65.0 Å². The molecular weight excluding hydrogens is 399 g/mol. The number of hydrogen-bond donors (Lipinski definition) is 1. The maximum atomic E-state index is 13.2. The molecule has 0 unspecified atom stereocenters. The summed E-state index contributed by atoms with van der Waals surface area (Å²) in [6, 6.07) is 7.66. The zero-order chi connectivity index (χ0) is 22.6. The van der Waals surface area contributed by atoms with Crippen LogP contribution in [0.25, 0.3) is 11.4 Å². The number of nitrogens with one attached hydrogen (secondary N) is 1. The van der Waals surface area contributed by atoms with Gasteiger partial charge in [-0.25, -0.2) is 18.9 Å². The maximum Gasteiger partial charge on any atom is 0.407 e. The van der Waals surface area contributed by atoms with Gasteiger partial charge in [0.15, 0.2) is 5.82 Å². The number of benzene rings is 1. The molecule has 1 saturated carbocycles. The zero-order valence-corrected chi connectivity index (χ0v) is 18.8. The summed E-state index contributed by atoms with van der Waals surface area (Å²) >= 11 is 0. The smallest absolute Gasteiger partial charge is 0.407 e. The summed E-state index contributed by atoms with van der Waals surface area (Å²) in [5.74, 6) is 2.87. The molecular formula is C23H31FN4O3. The van der Waals surface area contributed by atoms with E-state index in [1.54, 1.807) is 32.9 Å². The van der Waals surface area contributed by atoms with Crippen LogP contribution < -0.4 is 10.1 Å². The van der Waals surface area contributed by atoms with Crippen LogP contribution in [0.4, 0.5) is 9.18 Å². The van der Waals surface area contributed by atoms with Gasteiger partial charge in [-0.3, -0.25) is 0 Å². The van der Waals surface area contributed by atoms with E-state index in [0.717, 1.165) is 11.4 Å². The Kier molecular flexibility index (Phi) is 6.97. The number of carbonyl (C=O) groups is 1. The van der Waals surface area contributed by atoms with Gasteiger partial charge in [-0.15, -0.1) is 0 Å². The van der Waals surface area contributed by atoms with Crippen molar-refractivity contribution in [3.8, 4) is 17.1 Å². The van der Waals surface area contributed by atoms with Crippen molar-refractivity contribution in [3.63, 3.8) is 0 Å². The Hall–Kier alpha value is -2.90. The molecule has 1 N–H and O–H groups in total. The van der Waals surface area contributed by atoms with E-state index in [1.165, 1.54) is 12.8 Å². The molecule has 0 spiro atoms. The zero-order valence-electron chi connectivity index (χ0n) is 18.8. The highest BCUT2D eigenvalue weighted by molar-refractivity contribution is 5.68. The lowest BCUT2D eigenvalue weighted by molar-refractivity contribution is 0.0531. The molecule has 7 nitrogen and oxygen atoms in total. The number of alkyl carbamates (subject to hydrolysis) is 1. The number of ether oxygens (including phenoxy) is 2. The van der Waals surface area contributed by atoms with E-state index < -0.39 is 11.7 Å². The predicted molar refractivity (Wildman–Crippen MR) is 117 cm³/mol. The fourth-order valence-corrected chi connectivity index (χ4v) is 2.95. The minimum absolute atomic E-state index is 0.00397. The summed E-state index contributed by atoms with van der Waals surface area (Å²) in [6.45, 7) is 9.52. The fourth-order valence-electron chi connectivity index (χ4n) is 2.95. The van der Waals surface area contributed by atoms with Crippen molar-refractivity contribution in [3.05, 3.63) is 42.0 Å². The normalized spacial score (nSPS) is 14.6. The van der Waals surface area contributed by atoms with Crippen molar-refractivity contribution in [2.75, 3.05) is 13.2 Å². The summed E-state index contributed by atoms with van der Waals surface area (Å²) < 4.78 is 26.0. The van der Waals surface area contributed by atoms with Gasteiger partial charge in [0.1, 0.15) is 23.8 Å². The Morgan fingerprint density at radius 2 is 1.97 bits per heavy atom. The van der Waals surface area contributed by atoms with Crippen LogP contribution in [0.15, 0.2) is 36.2 Å². The summed E-state index contributed by atoms with van der Waals surface area (Å²) in [6.07, 6.45) is 2.18. The van der Waals surface area contributed by atoms with Gasteiger partial charge in [-0.05, 0) is 71.7 Å². The van der Waals surface area contributed by atoms with Gasteiger partial charge in [0.25, 0.3) is 0 Å². The molecule has 8 heteroatoms. The first kappa shape index (κ1) is 22.8. The van der Waals surface area contributed by atoms with Crippen LogP contribution in [0, 0.1) is 0 Å². The average molecular weight is 431 g/mol. The largest absolute Gasteiger partial charge is 0.489 e. The van der Waals surface area contributed by atoms with Crippen LogP contribution in [0.5, 0.6) is 5.75 Å². The second-order valence-corrected chi connectivity index (χ2v) is 9.04. The minimum Gasteiger partial charge on any atom is -0.489 e. The van der Waals surface area contributed by atoms with Gasteiger partial charge in [-0.2, -0.15) is 5.10 Å². The number of amides is 1. The molecule has 0 radical (unpaired) electrons. The van der Waals surface area contributed by atoms with Crippen LogP contribution in [-0.2, 0) is 4.74 Å². The standard InChI is InChI=1S/C23H31FN4O3/c1-15(2)28-21(18-6-7-18)26-20(27-28)17-8-10-19(11-9-17)30-14-16(12-24)13-25-22(29)31-23(3,4)5/h8-12,15,18H,6-7,13-14H2,1-5H3,(H,25,29)/b16-12+. The third kappa shape index (κ3) is 6.54. The van der Waals surface area contributed by atoms with E-state index in [-0.39, 0.29) is 19.2 Å². The number of hydrogen-bond acceptors (Lipinski definition) is 5. The summed E-state index contributed by atoms with van der Waals surface area (Å²) in [5.41, 5.74) is 0.587. The highest BCUT2D eigenvalue weighted by Gasteiger charge is 2.30. The first-order valence-electron chi connectivity index (χ1n) is 10.6. The molecule has 0 aliphatic heterocycles. The molecule has 2 aromatic rings. The molecule has 1 aliphatic rings. The van der Waals surface area contributed by atoms with Gasteiger partial charge in [0, 0.05) is 29.6 Å². The van der Waals surface area contributed by atoms with E-state index in [0.29, 0.717) is 29.4 Å². The Balaban J connectivity index is 1.56. The second-order valence-electron chi connectivity index (χ2n) is 9.04. The number of nitrogens with zero attached hydrogens (tertiary/aromatic N) is 3. The molecule has 0 saturated heterocycles. The van der Waals surface area contributed by atoms with Crippen LogP contribution in [0.3, 0.4) is 0 Å². The molecule has 1 heterocycles. The van der Waals surface area contributed by atoms with Crippen LogP contribution in [-0.4, -0.2) is 39.6 Å². The van der Waals surface area contributed by atoms with Gasteiger partial charge in [0.05, 0.1) is 6.33 Å². The highest BCUT2D eigenvalue weighted by Crippen LogP contribution is 2.40. The molecule has 0 atom stereocenters. The van der Waals surface area contributed by atoms with Crippen molar-refractivity contribution < 1.29 is 18.7 Å². The van der Waals surface area contributed by atoms with E-state index >= 15 is 0 Å². The van der Waals surface area contributed by atoms with Crippen molar-refractivity contribution in [2.24, 2.45) is 0 Å². The SMILES string of the molecule is CC(C)n1nc(-c2ccc(OC/C(=C/F)CNC(=O)OC(C)(C)C)cc2)nc1C1CC1. The third-order valence-electron chi connectivity index (χ3n) is 4.64. The summed E-state index contributed by atoms with van der Waals surface area (Å²) in [4.78, 5) is 16.4. The second kappa shape index (κ2) is 9.49. The molecule has 1 aromatic heterocycles. The Labute approximate surface area is 182 Å². The van der Waals surface area contributed by atoms with E-state index in [4.69, 9.17) is 14.5 Å². The molecule has 168 valence electrons. The number of carbonyl (C=O) groups excluding carboxylic acids is 1. The molecule has 0 bridgehead atoms. The lowest BCUT2D eigenvalue weighted by atomic mass is 10.2. The third-order valence-corrected chi connectivity index (χ3v) is 4.64. The van der Waals surface area contributed by atoms with Crippen molar-refractivity contribution in [1.82, 2.24) is 20.1 Å². The van der Waals surface area contributed by atoms with E-state index in [1.807, 2.05) is 16.8 Å². The summed E-state index contributed by atoms with van der Waals surface area (Å²) in [5, 5.41) is 7.20. The molecule has 1 aromatic carbocycles. The Morgan fingerprint density at radius 3 is 2.52 bits per heavy atom. The van der Waals surface area contributed by atoms with Crippen molar-refractivity contribution >= 4 is 6.09 Å². The number of halogens is 1. The fraction of sp³-hybridized carbons (Fsp3) is 0.522. The predicted octanol–water partition coefficient (Wildman–Crippen LogP) is 5.16. The lowest BCUT2D eigenvalue weighted by Gasteiger charge is -2.20. The molecule has 3 rings (SSSR count). The number of aromatic nitrogens is 3. The first-order valence-corrected chi connectivity index (χ1v) is 10.6. The molecule has 1 amide bonds. The van der Waals surface area contributed by atoms with Gasteiger partial charge < -0.3 is 14.8 Å². The van der Waals surface area contributed by atoms with Crippen LogP contribution in [0.2, 0.25) is 0 Å². The van der Waals surface area contributed by atoms with E-state index in [2.05, 4.69) is 24.3 Å². The Bertz CT molecular complexity index is 906. The maximum absolute atomic E-state index is 13.2. The lowest BCUT2D eigenvalue weighted by Crippen LogP contribution is -2.34. The average Bonchev–Trinajstić information content (AvgIpc) is 3.45. The first-order chi connectivity index (χ1) is 14.7. The minimum atomic E-state index is -0.610. The molecule has 1 aliphatic carbocycles. The van der Waals surface area contributed by atoms with Crippen LogP contribution >= 0.6 is 0 Å². The Morgan fingerprint density at radius 1 is 1.29 bits per heavy atom. The topological polar surface area (TPSA) is 78.3 Å². The van der Waals surface area contributed by atoms with Crippen molar-refractivity contribution in [1.29, 1.82) is 0 Å². The quantitative estimate of drug-likeness (QED) is 0.626. The monoisotopic (exact) mass is 430 g/mol.